The van der Waals surface area contributed by atoms with E-state index in [0.29, 0.717) is 6.61 Å². The Kier molecular flexibility index (Phi) is 2.97. The van der Waals surface area contributed by atoms with E-state index in [1.165, 1.54) is 0 Å². The molecule has 2 N–H and O–H groups in total. The van der Waals surface area contributed by atoms with Crippen molar-refractivity contribution >= 4 is 0 Å². The molecule has 0 fully saturated rings. The fourth-order valence-electron chi connectivity index (χ4n) is 0.382. The second-order valence-electron chi connectivity index (χ2n) is 1.95. The van der Waals surface area contributed by atoms with Crippen LogP contribution in [0.4, 0.5) is 0 Å². The van der Waals surface area contributed by atoms with Crippen LogP contribution >= 0.6 is 0 Å². The number of nitrogens with two attached hydrogens (primary N) is 1. The quantitative estimate of drug-likeness (QED) is 0.438. The molecule has 0 aliphatic rings. The summed E-state index contributed by atoms with van der Waals surface area (Å²) >= 11 is 0. The molecule has 0 bridgehead atoms. The first-order valence-corrected chi connectivity index (χ1v) is 2.64. The van der Waals surface area contributed by atoms with E-state index < -0.39 is 5.79 Å². The van der Waals surface area contributed by atoms with Gasteiger partial charge in [-0.25, -0.2) is 5.90 Å². The van der Waals surface area contributed by atoms with Crippen LogP contribution in [0.3, 0.4) is 0 Å². The molecule has 3 nitrogen and oxygen atoms in total. The first-order chi connectivity index (χ1) is 3.62. The van der Waals surface area contributed by atoms with Gasteiger partial charge in [-0.05, 0) is 20.8 Å². The summed E-state index contributed by atoms with van der Waals surface area (Å²) in [5.74, 6) is 4.24. The summed E-state index contributed by atoms with van der Waals surface area (Å²) in [7, 11) is 0. The molecular formula is C5H13NO2. The molecule has 0 saturated heterocycles. The highest BCUT2D eigenvalue weighted by atomic mass is 16.8. The highest BCUT2D eigenvalue weighted by molar-refractivity contribution is 4.48. The first kappa shape index (κ1) is 7.88. The summed E-state index contributed by atoms with van der Waals surface area (Å²) in [6, 6.07) is 0. The molecule has 3 heteroatoms. The number of hydrogen-bond donors (Lipinski definition) is 1. The lowest BCUT2D eigenvalue weighted by Crippen LogP contribution is -2.31. The Morgan fingerprint density at radius 3 is 2.12 bits per heavy atom. The highest BCUT2D eigenvalue weighted by Crippen LogP contribution is 2.05. The van der Waals surface area contributed by atoms with Gasteiger partial charge in [0.1, 0.15) is 0 Å². The maximum Gasteiger partial charge on any atom is 0.181 e. The van der Waals surface area contributed by atoms with Crippen molar-refractivity contribution in [3.8, 4) is 0 Å². The topological polar surface area (TPSA) is 44.5 Å². The predicted molar refractivity (Wildman–Crippen MR) is 31.0 cm³/mol. The van der Waals surface area contributed by atoms with Crippen molar-refractivity contribution in [2.75, 3.05) is 6.61 Å². The average molecular weight is 119 g/mol. The Hall–Kier alpha value is -0.120. The zero-order valence-corrected chi connectivity index (χ0v) is 5.60. The van der Waals surface area contributed by atoms with Crippen LogP contribution in [0.15, 0.2) is 0 Å². The van der Waals surface area contributed by atoms with Crippen LogP contribution in [0.1, 0.15) is 20.8 Å². The number of ether oxygens (including phenoxy) is 1. The predicted octanol–water partition coefficient (Wildman–Crippen LogP) is 0.649. The van der Waals surface area contributed by atoms with Gasteiger partial charge in [0.15, 0.2) is 5.79 Å². The minimum atomic E-state index is -0.630. The monoisotopic (exact) mass is 119 g/mol. The third-order valence-corrected chi connectivity index (χ3v) is 0.776. The Bertz CT molecular complexity index is 63.4. The lowest BCUT2D eigenvalue weighted by Gasteiger charge is -2.20. The standard InChI is InChI=1S/C5H13NO2/c1-4-7-5(2,3)8-6/h4,6H2,1-3H3. The molecule has 0 aromatic carbocycles. The zero-order chi connectivity index (χ0) is 6.62. The Labute approximate surface area is 49.7 Å². The van der Waals surface area contributed by atoms with Crippen molar-refractivity contribution in [1.29, 1.82) is 0 Å². The lowest BCUT2D eigenvalue weighted by atomic mass is 10.4. The molecule has 0 aliphatic carbocycles. The van der Waals surface area contributed by atoms with E-state index in [1.54, 1.807) is 13.8 Å². The minimum Gasteiger partial charge on any atom is -0.349 e. The van der Waals surface area contributed by atoms with Gasteiger partial charge < -0.3 is 4.74 Å². The molecule has 0 aromatic heterocycles. The Morgan fingerprint density at radius 2 is 2.00 bits per heavy atom. The van der Waals surface area contributed by atoms with E-state index in [9.17, 15) is 0 Å². The van der Waals surface area contributed by atoms with Crippen molar-refractivity contribution in [3.05, 3.63) is 0 Å². The van der Waals surface area contributed by atoms with Gasteiger partial charge in [-0.3, -0.25) is 4.84 Å². The van der Waals surface area contributed by atoms with Gasteiger partial charge in [-0.15, -0.1) is 0 Å². The largest absolute Gasteiger partial charge is 0.349 e. The minimum absolute atomic E-state index is 0.615. The molecule has 50 valence electrons. The normalized spacial score (nSPS) is 12.0. The third kappa shape index (κ3) is 2.96. The van der Waals surface area contributed by atoms with E-state index in [4.69, 9.17) is 10.6 Å². The van der Waals surface area contributed by atoms with Crippen molar-refractivity contribution in [2.24, 2.45) is 5.90 Å². The molecule has 0 rings (SSSR count). The zero-order valence-electron chi connectivity index (χ0n) is 5.60. The van der Waals surface area contributed by atoms with Gasteiger partial charge >= 0.3 is 0 Å². The summed E-state index contributed by atoms with van der Waals surface area (Å²) in [6.45, 7) is 6.03. The maximum absolute atomic E-state index is 5.03. The van der Waals surface area contributed by atoms with Gasteiger partial charge in [0, 0.05) is 6.61 Å². The van der Waals surface area contributed by atoms with E-state index >= 15 is 0 Å². The number of hydrogen-bond acceptors (Lipinski definition) is 3. The van der Waals surface area contributed by atoms with E-state index in [-0.39, 0.29) is 0 Å². The van der Waals surface area contributed by atoms with Crippen LogP contribution in [0, 0.1) is 0 Å². The maximum atomic E-state index is 5.03. The van der Waals surface area contributed by atoms with Crippen molar-refractivity contribution in [2.45, 2.75) is 26.6 Å². The lowest BCUT2D eigenvalue weighted by molar-refractivity contribution is -0.213. The van der Waals surface area contributed by atoms with E-state index in [1.807, 2.05) is 6.92 Å². The molecule has 8 heavy (non-hydrogen) atoms. The van der Waals surface area contributed by atoms with Crippen molar-refractivity contribution in [3.63, 3.8) is 0 Å². The summed E-state index contributed by atoms with van der Waals surface area (Å²) < 4.78 is 5.03. The molecule has 0 amide bonds. The molecule has 0 radical (unpaired) electrons. The molecule has 0 atom stereocenters. The van der Waals surface area contributed by atoms with Crippen LogP contribution < -0.4 is 5.90 Å². The third-order valence-electron chi connectivity index (χ3n) is 0.776. The molecular weight excluding hydrogens is 106 g/mol. The van der Waals surface area contributed by atoms with E-state index in [2.05, 4.69) is 4.84 Å². The second kappa shape index (κ2) is 3.02. The molecule has 0 saturated carbocycles. The van der Waals surface area contributed by atoms with Crippen molar-refractivity contribution in [1.82, 2.24) is 0 Å². The summed E-state index contributed by atoms with van der Waals surface area (Å²) in [5.41, 5.74) is 0. The van der Waals surface area contributed by atoms with Gasteiger partial charge in [0.05, 0.1) is 0 Å². The summed E-state index contributed by atoms with van der Waals surface area (Å²) in [6.07, 6.45) is 0. The fraction of sp³-hybridized carbons (Fsp3) is 1.00. The van der Waals surface area contributed by atoms with Crippen molar-refractivity contribution < 1.29 is 9.57 Å². The highest BCUT2D eigenvalue weighted by Gasteiger charge is 2.15. The average Bonchev–Trinajstić information content (AvgIpc) is 1.67. The summed E-state index contributed by atoms with van der Waals surface area (Å²) in [4.78, 5) is 4.46. The van der Waals surface area contributed by atoms with Crippen LogP contribution in [-0.4, -0.2) is 12.4 Å². The van der Waals surface area contributed by atoms with Crippen LogP contribution in [-0.2, 0) is 9.57 Å². The fourth-order valence-corrected chi connectivity index (χ4v) is 0.382. The van der Waals surface area contributed by atoms with Crippen LogP contribution in [0.5, 0.6) is 0 Å². The summed E-state index contributed by atoms with van der Waals surface area (Å²) in [5, 5.41) is 0. The first-order valence-electron chi connectivity index (χ1n) is 2.64. The Balaban J connectivity index is 3.37. The van der Waals surface area contributed by atoms with Crippen LogP contribution in [0.2, 0.25) is 0 Å². The molecule has 0 aliphatic heterocycles. The van der Waals surface area contributed by atoms with Crippen LogP contribution in [0.25, 0.3) is 0 Å². The molecule has 0 spiro atoms. The van der Waals surface area contributed by atoms with Gasteiger partial charge in [-0.1, -0.05) is 0 Å². The number of rotatable bonds is 3. The van der Waals surface area contributed by atoms with Gasteiger partial charge in [0.25, 0.3) is 0 Å². The smallest absolute Gasteiger partial charge is 0.181 e. The SMILES string of the molecule is CCOC(C)(C)ON. The van der Waals surface area contributed by atoms with Gasteiger partial charge in [0.2, 0.25) is 0 Å². The van der Waals surface area contributed by atoms with E-state index in [0.717, 1.165) is 0 Å². The van der Waals surface area contributed by atoms with Gasteiger partial charge in [-0.2, -0.15) is 0 Å². The molecule has 0 unspecified atom stereocenters. The Morgan fingerprint density at radius 1 is 1.50 bits per heavy atom. The second-order valence-corrected chi connectivity index (χ2v) is 1.95. The molecule has 0 aromatic rings. The molecule has 0 heterocycles.